The highest BCUT2D eigenvalue weighted by molar-refractivity contribution is 9.10. The summed E-state index contributed by atoms with van der Waals surface area (Å²) in [5.74, 6) is 0.181. The fourth-order valence-electron chi connectivity index (χ4n) is 2.11. The highest BCUT2D eigenvalue weighted by Crippen LogP contribution is 2.28. The Hall–Kier alpha value is -1.07. The lowest BCUT2D eigenvalue weighted by Gasteiger charge is -2.19. The van der Waals surface area contributed by atoms with Crippen molar-refractivity contribution in [3.63, 3.8) is 0 Å². The number of carbonyl (C=O) groups is 1. The molecule has 1 fully saturated rings. The summed E-state index contributed by atoms with van der Waals surface area (Å²) >= 11 is 3.44. The normalized spacial score (nSPS) is 18.7. The Labute approximate surface area is 116 Å². The smallest absolute Gasteiger partial charge is 0.228 e. The maximum Gasteiger partial charge on any atom is 0.228 e. The topological polar surface area (TPSA) is 44.4 Å². The average Bonchev–Trinajstić information content (AvgIpc) is 2.81. The molecule has 0 aromatic heterocycles. The monoisotopic (exact) mass is 311 g/mol. The van der Waals surface area contributed by atoms with Gasteiger partial charge in [-0.05, 0) is 31.2 Å². The van der Waals surface area contributed by atoms with E-state index in [2.05, 4.69) is 26.6 Å². The molecule has 0 bridgehead atoms. The zero-order valence-electron chi connectivity index (χ0n) is 10.7. The first-order valence-electron chi connectivity index (χ1n) is 6.06. The fraction of sp³-hybridized carbons (Fsp3) is 0.462. The zero-order valence-corrected chi connectivity index (χ0v) is 12.3. The third-order valence-corrected chi connectivity index (χ3v) is 3.62. The number of hydrogen-bond acceptors (Lipinski definition) is 3. The van der Waals surface area contributed by atoms with Gasteiger partial charge in [0.05, 0.1) is 17.3 Å². The van der Waals surface area contributed by atoms with Gasteiger partial charge in [-0.25, -0.2) is 0 Å². The van der Waals surface area contributed by atoms with E-state index in [1.54, 1.807) is 0 Å². The Morgan fingerprint density at radius 3 is 2.89 bits per heavy atom. The number of halogens is 1. The summed E-state index contributed by atoms with van der Waals surface area (Å²) in [7, 11) is 3.94. The molecule has 1 aliphatic rings. The van der Waals surface area contributed by atoms with Crippen LogP contribution in [-0.4, -0.2) is 33.1 Å². The largest absolute Gasteiger partial charge is 0.376 e. The molecule has 2 N–H and O–H groups in total. The van der Waals surface area contributed by atoms with Crippen LogP contribution in [0, 0.1) is 5.92 Å². The van der Waals surface area contributed by atoms with Crippen molar-refractivity contribution in [2.75, 3.05) is 37.4 Å². The van der Waals surface area contributed by atoms with Crippen LogP contribution in [0.2, 0.25) is 0 Å². The number of nitrogens with one attached hydrogen (secondary N) is 2. The Morgan fingerprint density at radius 2 is 2.28 bits per heavy atom. The Bertz CT molecular complexity index is 442. The van der Waals surface area contributed by atoms with Crippen molar-refractivity contribution in [2.24, 2.45) is 5.92 Å². The second-order valence-corrected chi connectivity index (χ2v) is 5.65. The van der Waals surface area contributed by atoms with Crippen molar-refractivity contribution < 1.29 is 4.79 Å². The minimum absolute atomic E-state index is 0.0824. The van der Waals surface area contributed by atoms with Gasteiger partial charge in [0.1, 0.15) is 0 Å². The quantitative estimate of drug-likeness (QED) is 0.898. The van der Waals surface area contributed by atoms with E-state index in [1.807, 2.05) is 37.2 Å². The maximum absolute atomic E-state index is 12.1. The molecule has 5 heteroatoms. The Balaban J connectivity index is 2.16. The van der Waals surface area contributed by atoms with Crippen LogP contribution in [0.25, 0.3) is 0 Å². The number of rotatable bonds is 3. The van der Waals surface area contributed by atoms with Gasteiger partial charge in [-0.2, -0.15) is 0 Å². The second kappa shape index (κ2) is 5.71. The van der Waals surface area contributed by atoms with Crippen LogP contribution >= 0.6 is 15.9 Å². The fourth-order valence-corrected chi connectivity index (χ4v) is 2.47. The lowest BCUT2D eigenvalue weighted by atomic mass is 10.1. The Morgan fingerprint density at radius 1 is 1.50 bits per heavy atom. The zero-order chi connectivity index (χ0) is 13.1. The molecule has 1 atom stereocenters. The molecule has 1 aliphatic heterocycles. The number of nitrogens with zero attached hydrogens (tertiary/aromatic N) is 1. The van der Waals surface area contributed by atoms with Crippen LogP contribution in [-0.2, 0) is 4.79 Å². The molecule has 1 aromatic carbocycles. The van der Waals surface area contributed by atoms with Gasteiger partial charge in [0.2, 0.25) is 5.91 Å². The molecule has 98 valence electrons. The summed E-state index contributed by atoms with van der Waals surface area (Å²) in [5, 5.41) is 6.23. The molecule has 0 spiro atoms. The lowest BCUT2D eigenvalue weighted by Crippen LogP contribution is -2.25. The first-order chi connectivity index (χ1) is 8.58. The molecule has 1 heterocycles. The van der Waals surface area contributed by atoms with E-state index >= 15 is 0 Å². The predicted molar refractivity (Wildman–Crippen MR) is 78.1 cm³/mol. The van der Waals surface area contributed by atoms with Crippen molar-refractivity contribution in [3.05, 3.63) is 22.7 Å². The molecule has 1 saturated heterocycles. The first-order valence-corrected chi connectivity index (χ1v) is 6.85. The van der Waals surface area contributed by atoms with Crippen LogP contribution in [0.4, 0.5) is 11.4 Å². The van der Waals surface area contributed by atoms with Crippen LogP contribution in [0.5, 0.6) is 0 Å². The van der Waals surface area contributed by atoms with Crippen molar-refractivity contribution >= 4 is 33.2 Å². The van der Waals surface area contributed by atoms with Crippen molar-refractivity contribution in [3.8, 4) is 0 Å². The van der Waals surface area contributed by atoms with Crippen molar-refractivity contribution in [1.82, 2.24) is 5.32 Å². The summed E-state index contributed by atoms with van der Waals surface area (Å²) in [6, 6.07) is 5.91. The van der Waals surface area contributed by atoms with E-state index < -0.39 is 0 Å². The van der Waals surface area contributed by atoms with E-state index in [0.717, 1.165) is 35.4 Å². The van der Waals surface area contributed by atoms with E-state index in [9.17, 15) is 4.79 Å². The van der Waals surface area contributed by atoms with Gasteiger partial charge in [0, 0.05) is 25.1 Å². The maximum atomic E-state index is 12.1. The van der Waals surface area contributed by atoms with Gasteiger partial charge >= 0.3 is 0 Å². The highest BCUT2D eigenvalue weighted by Gasteiger charge is 2.23. The SMILES string of the molecule is CN(C)c1ccc(Br)cc1NC(=O)C1CCNC1. The van der Waals surface area contributed by atoms with Crippen LogP contribution in [0.15, 0.2) is 22.7 Å². The van der Waals surface area contributed by atoms with Gasteiger partial charge in [0.15, 0.2) is 0 Å². The number of amides is 1. The summed E-state index contributed by atoms with van der Waals surface area (Å²) in [6.45, 7) is 1.70. The standard InChI is InChI=1S/C13H18BrN3O/c1-17(2)12-4-3-10(14)7-11(12)16-13(18)9-5-6-15-8-9/h3-4,7,9,15H,5-6,8H2,1-2H3,(H,16,18). The van der Waals surface area contributed by atoms with Crippen LogP contribution in [0.3, 0.4) is 0 Å². The molecule has 0 radical (unpaired) electrons. The van der Waals surface area contributed by atoms with E-state index in [1.165, 1.54) is 0 Å². The predicted octanol–water partition coefficient (Wildman–Crippen LogP) is 2.06. The molecule has 1 aromatic rings. The third-order valence-electron chi connectivity index (χ3n) is 3.13. The number of hydrogen-bond donors (Lipinski definition) is 2. The average molecular weight is 312 g/mol. The van der Waals surface area contributed by atoms with Crippen LogP contribution < -0.4 is 15.5 Å². The molecule has 1 unspecified atom stereocenters. The molecule has 1 amide bonds. The minimum atomic E-state index is 0.0824. The van der Waals surface area contributed by atoms with Crippen molar-refractivity contribution in [2.45, 2.75) is 6.42 Å². The van der Waals surface area contributed by atoms with Gasteiger partial charge in [0.25, 0.3) is 0 Å². The van der Waals surface area contributed by atoms with Crippen molar-refractivity contribution in [1.29, 1.82) is 0 Å². The summed E-state index contributed by atoms with van der Waals surface area (Å²) in [5.41, 5.74) is 1.86. The summed E-state index contributed by atoms with van der Waals surface area (Å²) in [6.07, 6.45) is 0.914. The summed E-state index contributed by atoms with van der Waals surface area (Å²) < 4.78 is 0.966. The molecule has 2 rings (SSSR count). The van der Waals surface area contributed by atoms with Gasteiger partial charge in [-0.15, -0.1) is 0 Å². The number of anilines is 2. The van der Waals surface area contributed by atoms with Gasteiger partial charge in [-0.1, -0.05) is 15.9 Å². The van der Waals surface area contributed by atoms with Gasteiger partial charge < -0.3 is 15.5 Å². The van der Waals surface area contributed by atoms with E-state index in [0.29, 0.717) is 0 Å². The molecule has 4 nitrogen and oxygen atoms in total. The van der Waals surface area contributed by atoms with E-state index in [4.69, 9.17) is 0 Å². The highest BCUT2D eigenvalue weighted by atomic mass is 79.9. The van der Waals surface area contributed by atoms with Gasteiger partial charge in [-0.3, -0.25) is 4.79 Å². The third kappa shape index (κ3) is 3.03. The molecule has 18 heavy (non-hydrogen) atoms. The lowest BCUT2D eigenvalue weighted by molar-refractivity contribution is -0.119. The number of benzene rings is 1. The molecule has 0 aliphatic carbocycles. The molecular weight excluding hydrogens is 294 g/mol. The summed E-state index contributed by atoms with van der Waals surface area (Å²) in [4.78, 5) is 14.1. The first kappa shape index (κ1) is 13.4. The molecule has 0 saturated carbocycles. The molecular formula is C13H18BrN3O. The minimum Gasteiger partial charge on any atom is -0.376 e. The van der Waals surface area contributed by atoms with Crippen LogP contribution in [0.1, 0.15) is 6.42 Å². The second-order valence-electron chi connectivity index (χ2n) is 4.73. The number of carbonyl (C=O) groups excluding carboxylic acids is 1. The van der Waals surface area contributed by atoms with E-state index in [-0.39, 0.29) is 11.8 Å². The Kier molecular flexibility index (Phi) is 4.24.